The number of carbonyl (C=O) groups excluding carboxylic acids is 1. The number of morpholine rings is 1. The van der Waals surface area contributed by atoms with Crippen molar-refractivity contribution in [3.8, 4) is 5.75 Å². The van der Waals surface area contributed by atoms with Gasteiger partial charge in [-0.25, -0.2) is 8.42 Å². The summed E-state index contributed by atoms with van der Waals surface area (Å²) in [5.74, 6) is 0.864. The molecular formula is C23H29N3O6S. The molecule has 0 N–H and O–H groups in total. The van der Waals surface area contributed by atoms with Crippen LogP contribution in [0.15, 0.2) is 33.7 Å². The van der Waals surface area contributed by atoms with Crippen molar-refractivity contribution in [3.63, 3.8) is 0 Å². The van der Waals surface area contributed by atoms with Gasteiger partial charge in [0.1, 0.15) is 11.4 Å². The number of sulfonamides is 1. The van der Waals surface area contributed by atoms with Crippen molar-refractivity contribution in [1.82, 2.24) is 14.4 Å². The summed E-state index contributed by atoms with van der Waals surface area (Å²) in [7, 11) is -2.21. The lowest BCUT2D eigenvalue weighted by atomic mass is 9.96. The summed E-state index contributed by atoms with van der Waals surface area (Å²) in [5, 5.41) is 3.90. The first kappa shape index (κ1) is 23.5. The van der Waals surface area contributed by atoms with Crippen LogP contribution in [-0.2, 0) is 19.6 Å². The maximum absolute atomic E-state index is 13.4. The highest BCUT2D eigenvalue weighted by Gasteiger charge is 2.37. The Balaban J connectivity index is 1.46. The minimum absolute atomic E-state index is 0.0743. The molecule has 2 aromatic rings. The fraction of sp³-hybridized carbons (Fsp3) is 0.478. The van der Waals surface area contributed by atoms with E-state index in [4.69, 9.17) is 14.0 Å². The molecule has 2 saturated heterocycles. The highest BCUT2D eigenvalue weighted by Crippen LogP contribution is 2.30. The number of hydrogen-bond donors (Lipinski definition) is 0. The zero-order chi connectivity index (χ0) is 23.4. The molecule has 4 rings (SSSR count). The molecule has 1 amide bonds. The topological polar surface area (TPSA) is 102 Å². The number of benzene rings is 1. The van der Waals surface area contributed by atoms with Crippen molar-refractivity contribution >= 4 is 28.1 Å². The van der Waals surface area contributed by atoms with E-state index in [0.29, 0.717) is 44.8 Å². The first-order valence-electron chi connectivity index (χ1n) is 11.0. The predicted octanol–water partition coefficient (Wildman–Crippen LogP) is 2.42. The average Bonchev–Trinajstić information content (AvgIpc) is 3.24. The molecule has 2 aliphatic rings. The maximum atomic E-state index is 13.4. The van der Waals surface area contributed by atoms with Crippen LogP contribution in [0.5, 0.6) is 5.75 Å². The van der Waals surface area contributed by atoms with Gasteiger partial charge in [-0.2, -0.15) is 4.31 Å². The molecule has 1 aromatic carbocycles. The van der Waals surface area contributed by atoms with Crippen molar-refractivity contribution in [1.29, 1.82) is 0 Å². The van der Waals surface area contributed by atoms with Crippen LogP contribution < -0.4 is 4.74 Å². The van der Waals surface area contributed by atoms with Crippen LogP contribution in [0.25, 0.3) is 12.2 Å². The summed E-state index contributed by atoms with van der Waals surface area (Å²) < 4.78 is 44.1. The highest BCUT2D eigenvalue weighted by molar-refractivity contribution is 7.89. The lowest BCUT2D eigenvalue weighted by Crippen LogP contribution is -2.47. The predicted molar refractivity (Wildman–Crippen MR) is 122 cm³/mol. The molecule has 0 unspecified atom stereocenters. The van der Waals surface area contributed by atoms with E-state index in [2.05, 4.69) is 5.16 Å². The second kappa shape index (κ2) is 10.1. The maximum Gasteiger partial charge on any atom is 0.248 e. The van der Waals surface area contributed by atoms with E-state index in [1.807, 2.05) is 29.2 Å². The van der Waals surface area contributed by atoms with Gasteiger partial charge < -0.3 is 18.9 Å². The number of aryl methyl sites for hydroxylation is 1. The Labute approximate surface area is 194 Å². The molecule has 9 nitrogen and oxygen atoms in total. The Morgan fingerprint density at radius 3 is 2.39 bits per heavy atom. The van der Waals surface area contributed by atoms with Crippen molar-refractivity contribution in [2.45, 2.75) is 24.7 Å². The quantitative estimate of drug-likeness (QED) is 0.632. The van der Waals surface area contributed by atoms with Gasteiger partial charge in [-0.3, -0.25) is 4.79 Å². The van der Waals surface area contributed by atoms with Crippen molar-refractivity contribution in [3.05, 3.63) is 41.3 Å². The van der Waals surface area contributed by atoms with Crippen LogP contribution in [0.3, 0.4) is 0 Å². The third-order valence-corrected chi connectivity index (χ3v) is 8.16. The van der Waals surface area contributed by atoms with E-state index in [0.717, 1.165) is 11.3 Å². The second-order valence-corrected chi connectivity index (χ2v) is 10.1. The summed E-state index contributed by atoms with van der Waals surface area (Å²) in [6, 6.07) is 7.38. The van der Waals surface area contributed by atoms with E-state index >= 15 is 0 Å². The number of rotatable bonds is 6. The van der Waals surface area contributed by atoms with E-state index in [-0.39, 0.29) is 35.6 Å². The number of nitrogens with zero attached hydrogens (tertiary/aromatic N) is 3. The van der Waals surface area contributed by atoms with Crippen molar-refractivity contribution in [2.75, 3.05) is 46.5 Å². The lowest BCUT2D eigenvalue weighted by molar-refractivity contribution is -0.140. The normalized spacial score (nSPS) is 18.7. The van der Waals surface area contributed by atoms with Gasteiger partial charge in [0, 0.05) is 32.1 Å². The number of ether oxygens (including phenoxy) is 2. The van der Waals surface area contributed by atoms with Gasteiger partial charge in [0.15, 0.2) is 10.7 Å². The Kier molecular flexibility index (Phi) is 7.16. The van der Waals surface area contributed by atoms with Crippen LogP contribution >= 0.6 is 0 Å². The fourth-order valence-electron chi connectivity index (χ4n) is 4.20. The number of carbonyl (C=O) groups is 1. The van der Waals surface area contributed by atoms with Crippen LogP contribution in [0, 0.1) is 12.8 Å². The summed E-state index contributed by atoms with van der Waals surface area (Å²) in [6.07, 6.45) is 4.38. The van der Waals surface area contributed by atoms with E-state index in [9.17, 15) is 13.2 Å². The third kappa shape index (κ3) is 5.13. The lowest BCUT2D eigenvalue weighted by Gasteiger charge is -2.35. The number of aromatic nitrogens is 1. The standard InChI is InChI=1S/C23H29N3O6S/c1-17-22(21(32-24-17)8-5-18-3-6-20(30-2)7-4-18)33(28,29)26-11-9-19(10-12-26)23(27)25-13-15-31-16-14-25/h3-8,19H,9-16H2,1-2H3/b8-5-. The summed E-state index contributed by atoms with van der Waals surface area (Å²) in [5.41, 5.74) is 1.19. The number of piperidine rings is 1. The van der Waals surface area contributed by atoms with Crippen LogP contribution in [-0.4, -0.2) is 75.2 Å². The molecule has 0 atom stereocenters. The molecule has 0 bridgehead atoms. The molecule has 2 fully saturated rings. The zero-order valence-electron chi connectivity index (χ0n) is 18.9. The summed E-state index contributed by atoms with van der Waals surface area (Å²) in [4.78, 5) is 14.7. The molecule has 3 heterocycles. The van der Waals surface area contributed by atoms with Gasteiger partial charge in [-0.05, 0) is 43.5 Å². The summed E-state index contributed by atoms with van der Waals surface area (Å²) >= 11 is 0. The molecule has 1 aromatic heterocycles. The third-order valence-electron chi connectivity index (χ3n) is 6.10. The van der Waals surface area contributed by atoms with Gasteiger partial charge >= 0.3 is 0 Å². The molecule has 33 heavy (non-hydrogen) atoms. The minimum Gasteiger partial charge on any atom is -0.497 e. The Bertz CT molecular complexity index is 1100. The Hall–Kier alpha value is -2.69. The fourth-order valence-corrected chi connectivity index (χ4v) is 5.92. The van der Waals surface area contributed by atoms with Crippen LogP contribution in [0.2, 0.25) is 0 Å². The van der Waals surface area contributed by atoms with Crippen molar-refractivity contribution in [2.24, 2.45) is 5.92 Å². The molecule has 178 valence electrons. The van der Waals surface area contributed by atoms with Crippen LogP contribution in [0.4, 0.5) is 0 Å². The average molecular weight is 476 g/mol. The minimum atomic E-state index is -3.81. The Morgan fingerprint density at radius 1 is 1.09 bits per heavy atom. The largest absolute Gasteiger partial charge is 0.497 e. The first-order chi connectivity index (χ1) is 15.9. The smallest absolute Gasteiger partial charge is 0.248 e. The van der Waals surface area contributed by atoms with Crippen molar-refractivity contribution < 1.29 is 27.2 Å². The molecule has 0 saturated carbocycles. The molecule has 0 radical (unpaired) electrons. The highest BCUT2D eigenvalue weighted by atomic mass is 32.2. The molecule has 10 heteroatoms. The Morgan fingerprint density at radius 2 is 1.76 bits per heavy atom. The molecule has 2 aliphatic heterocycles. The monoisotopic (exact) mass is 475 g/mol. The van der Waals surface area contributed by atoms with E-state index < -0.39 is 10.0 Å². The van der Waals surface area contributed by atoms with E-state index in [1.54, 1.807) is 26.2 Å². The number of hydrogen-bond acceptors (Lipinski definition) is 7. The molecule has 0 aliphatic carbocycles. The number of amides is 1. The summed E-state index contributed by atoms with van der Waals surface area (Å²) in [6.45, 7) is 4.50. The first-order valence-corrected chi connectivity index (χ1v) is 12.5. The molecule has 0 spiro atoms. The van der Waals surface area contributed by atoms with Gasteiger partial charge in [-0.1, -0.05) is 23.4 Å². The van der Waals surface area contributed by atoms with Gasteiger partial charge in [-0.15, -0.1) is 0 Å². The van der Waals surface area contributed by atoms with Gasteiger partial charge in [0.05, 0.1) is 20.3 Å². The van der Waals surface area contributed by atoms with Crippen LogP contribution in [0.1, 0.15) is 29.9 Å². The van der Waals surface area contributed by atoms with Gasteiger partial charge in [0.25, 0.3) is 0 Å². The zero-order valence-corrected chi connectivity index (χ0v) is 19.7. The second-order valence-electron chi connectivity index (χ2n) is 8.18. The van der Waals surface area contributed by atoms with E-state index in [1.165, 1.54) is 4.31 Å². The van der Waals surface area contributed by atoms with Gasteiger partial charge in [0.2, 0.25) is 15.9 Å². The number of methoxy groups -OCH3 is 1. The SMILES string of the molecule is COc1ccc(/C=C\c2onc(C)c2S(=O)(=O)N2CCC(C(=O)N3CCOCC3)CC2)cc1. The molecular weight excluding hydrogens is 446 g/mol.